The molecule has 0 spiro atoms. The number of nitriles is 1. The molecule has 2 heterocycles. The van der Waals surface area contributed by atoms with Gasteiger partial charge in [-0.1, -0.05) is 12.1 Å². The predicted molar refractivity (Wildman–Crippen MR) is 136 cm³/mol. The first kappa shape index (κ1) is 25.5. The summed E-state index contributed by atoms with van der Waals surface area (Å²) in [6.07, 6.45) is 6.80. The van der Waals surface area contributed by atoms with Crippen molar-refractivity contribution >= 4 is 23.2 Å². The van der Waals surface area contributed by atoms with Gasteiger partial charge in [0.2, 0.25) is 0 Å². The summed E-state index contributed by atoms with van der Waals surface area (Å²) in [4.78, 5) is 26.8. The van der Waals surface area contributed by atoms with Gasteiger partial charge >= 0.3 is 6.09 Å². The number of rotatable bonds is 10. The van der Waals surface area contributed by atoms with Gasteiger partial charge < -0.3 is 14.8 Å². The predicted octanol–water partition coefficient (Wildman–Crippen LogP) is 4.14. The van der Waals surface area contributed by atoms with E-state index in [0.717, 1.165) is 51.5 Å². The Morgan fingerprint density at radius 3 is 2.94 bits per heavy atom. The lowest BCUT2D eigenvalue weighted by Crippen LogP contribution is -2.27. The van der Waals surface area contributed by atoms with Gasteiger partial charge in [-0.2, -0.15) is 10.4 Å². The molecule has 9 heteroatoms. The molecule has 0 saturated heterocycles. The fourth-order valence-corrected chi connectivity index (χ4v) is 5.92. The van der Waals surface area contributed by atoms with Gasteiger partial charge in [-0.25, -0.2) is 4.79 Å². The summed E-state index contributed by atoms with van der Waals surface area (Å²) >= 11 is 1.56. The molecule has 1 N–H and O–H groups in total. The van der Waals surface area contributed by atoms with E-state index in [0.29, 0.717) is 31.6 Å². The normalized spacial score (nSPS) is 14.5. The smallest absolute Gasteiger partial charge is 0.407 e. The summed E-state index contributed by atoms with van der Waals surface area (Å²) in [6, 6.07) is 10.1. The fourth-order valence-electron chi connectivity index (χ4n) is 4.47. The molecule has 8 nitrogen and oxygen atoms in total. The highest BCUT2D eigenvalue weighted by Crippen LogP contribution is 2.36. The summed E-state index contributed by atoms with van der Waals surface area (Å²) in [5, 5.41) is 16.6. The van der Waals surface area contributed by atoms with Gasteiger partial charge in [0.15, 0.2) is 0 Å². The largest absolute Gasteiger partial charge is 0.497 e. The number of alkyl carbamates (subject to hydrolysis) is 1. The van der Waals surface area contributed by atoms with Gasteiger partial charge in [0, 0.05) is 47.9 Å². The van der Waals surface area contributed by atoms with Crippen molar-refractivity contribution in [1.29, 1.82) is 5.26 Å². The molecule has 36 heavy (non-hydrogen) atoms. The lowest BCUT2D eigenvalue weighted by molar-refractivity contribution is -0.118. The highest BCUT2D eigenvalue weighted by atomic mass is 32.1. The molecule has 1 atom stereocenters. The Kier molecular flexibility index (Phi) is 8.39. The van der Waals surface area contributed by atoms with E-state index in [1.54, 1.807) is 29.3 Å². The van der Waals surface area contributed by atoms with Crippen molar-refractivity contribution in [2.24, 2.45) is 13.0 Å². The number of nitrogens with zero attached hydrogens (tertiary/aromatic N) is 3. The zero-order valence-electron chi connectivity index (χ0n) is 20.6. The van der Waals surface area contributed by atoms with Crippen LogP contribution in [0.5, 0.6) is 5.75 Å². The van der Waals surface area contributed by atoms with E-state index < -0.39 is 6.09 Å². The van der Waals surface area contributed by atoms with Crippen LogP contribution in [-0.4, -0.2) is 35.4 Å². The molecule has 1 aromatic carbocycles. The van der Waals surface area contributed by atoms with E-state index in [1.165, 1.54) is 0 Å². The minimum absolute atomic E-state index is 0.123. The van der Waals surface area contributed by atoms with Crippen LogP contribution in [0.3, 0.4) is 0 Å². The number of carbonyl (C=O) groups excluding carboxylic acids is 2. The van der Waals surface area contributed by atoms with Crippen LogP contribution in [0, 0.1) is 17.2 Å². The van der Waals surface area contributed by atoms with E-state index >= 15 is 0 Å². The molecule has 0 radical (unpaired) electrons. The lowest BCUT2D eigenvalue weighted by Gasteiger charge is -2.22. The fraction of sp³-hybridized carbons (Fsp3) is 0.407. The van der Waals surface area contributed by atoms with Crippen LogP contribution in [-0.2, 0) is 48.8 Å². The molecule has 0 saturated carbocycles. The topological polar surface area (TPSA) is 106 Å². The molecule has 1 aliphatic carbocycles. The summed E-state index contributed by atoms with van der Waals surface area (Å²) in [7, 11) is 3.45. The molecular weight excluding hydrogens is 476 g/mol. The molecule has 4 rings (SSSR count). The van der Waals surface area contributed by atoms with Gasteiger partial charge in [-0.3, -0.25) is 9.48 Å². The van der Waals surface area contributed by atoms with Crippen LogP contribution < -0.4 is 10.1 Å². The Bertz CT molecular complexity index is 1270. The number of ether oxygens (including phenoxy) is 2. The first-order valence-corrected chi connectivity index (χ1v) is 12.8. The number of aryl methyl sites for hydroxylation is 2. The number of benzene rings is 1. The third-order valence-electron chi connectivity index (χ3n) is 6.38. The van der Waals surface area contributed by atoms with Crippen molar-refractivity contribution in [3.05, 3.63) is 68.7 Å². The molecule has 3 aromatic rings. The van der Waals surface area contributed by atoms with Crippen LogP contribution in [0.15, 0.2) is 36.7 Å². The molecular formula is C27H30N4O4S. The number of aromatic nitrogens is 2. The average Bonchev–Trinajstić information content (AvgIpc) is 3.46. The highest BCUT2D eigenvalue weighted by molar-refractivity contribution is 7.12. The van der Waals surface area contributed by atoms with Crippen LogP contribution in [0.1, 0.15) is 44.8 Å². The summed E-state index contributed by atoms with van der Waals surface area (Å²) < 4.78 is 12.4. The first-order chi connectivity index (χ1) is 17.4. The zero-order chi connectivity index (χ0) is 25.5. The maximum atomic E-state index is 12.7. The van der Waals surface area contributed by atoms with Gasteiger partial charge in [0.25, 0.3) is 0 Å². The first-order valence-electron chi connectivity index (χ1n) is 12.0. The Balaban J connectivity index is 1.28. The number of Topliss-reactive ketones (excluding diaryl/α,β-unsaturated/α-hetero) is 1. The van der Waals surface area contributed by atoms with Crippen molar-refractivity contribution in [2.75, 3.05) is 13.7 Å². The number of nitrogens with one attached hydrogen (secondary N) is 1. The molecule has 1 aliphatic rings. The second kappa shape index (κ2) is 11.9. The number of fused-ring (bicyclic) bond motifs is 1. The molecule has 0 bridgehead atoms. The Hall–Kier alpha value is -3.64. The van der Waals surface area contributed by atoms with Crippen molar-refractivity contribution in [3.8, 4) is 11.8 Å². The van der Waals surface area contributed by atoms with E-state index in [1.807, 2.05) is 37.5 Å². The second-order valence-electron chi connectivity index (χ2n) is 9.06. The third kappa shape index (κ3) is 6.52. The zero-order valence-corrected chi connectivity index (χ0v) is 21.4. The second-order valence-corrected chi connectivity index (χ2v) is 10.3. The van der Waals surface area contributed by atoms with Gasteiger partial charge in [0.1, 0.15) is 17.6 Å². The van der Waals surface area contributed by atoms with Gasteiger partial charge in [0.05, 0.1) is 25.5 Å². The third-order valence-corrected chi connectivity index (χ3v) is 7.64. The van der Waals surface area contributed by atoms with Crippen molar-refractivity contribution in [1.82, 2.24) is 15.1 Å². The van der Waals surface area contributed by atoms with Crippen molar-refractivity contribution < 1.29 is 19.1 Å². The molecule has 2 aromatic heterocycles. The van der Waals surface area contributed by atoms with Crippen molar-refractivity contribution in [2.45, 2.75) is 45.1 Å². The SMILES string of the molecule is COc1cccc(CCC(=O)Cc2sc3c(c2C#N)CCC(COC(=O)NCc2cnn(C)c2)C3)c1. The van der Waals surface area contributed by atoms with E-state index in [4.69, 9.17) is 9.47 Å². The number of hydrogen-bond acceptors (Lipinski definition) is 7. The average molecular weight is 507 g/mol. The molecule has 188 valence electrons. The molecule has 1 amide bonds. The van der Waals surface area contributed by atoms with E-state index in [9.17, 15) is 14.9 Å². The van der Waals surface area contributed by atoms with Crippen LogP contribution in [0.2, 0.25) is 0 Å². The van der Waals surface area contributed by atoms with Crippen LogP contribution in [0.25, 0.3) is 0 Å². The summed E-state index contributed by atoms with van der Waals surface area (Å²) in [5.41, 5.74) is 3.69. The number of thiophene rings is 1. The Morgan fingerprint density at radius 2 is 2.19 bits per heavy atom. The minimum atomic E-state index is -0.448. The monoisotopic (exact) mass is 506 g/mol. The number of ketones is 1. The molecule has 0 fully saturated rings. The number of hydrogen-bond donors (Lipinski definition) is 1. The quantitative estimate of drug-likeness (QED) is 0.443. The molecule has 0 aliphatic heterocycles. The number of amides is 1. The van der Waals surface area contributed by atoms with Gasteiger partial charge in [-0.05, 0) is 54.9 Å². The number of carbonyl (C=O) groups is 2. The maximum Gasteiger partial charge on any atom is 0.407 e. The Labute approximate surface area is 214 Å². The van der Waals surface area contributed by atoms with Crippen LogP contribution >= 0.6 is 11.3 Å². The van der Waals surface area contributed by atoms with Crippen LogP contribution in [0.4, 0.5) is 4.79 Å². The standard InChI is InChI=1S/C27H30N4O4S/c1-31-16-20(15-30-31)14-29-27(33)35-17-19-7-9-23-24(13-28)26(36-25(23)11-19)12-21(32)8-6-18-4-3-5-22(10-18)34-2/h3-5,10,15-16,19H,6-9,11-12,14,17H2,1-2H3,(H,29,33). The lowest BCUT2D eigenvalue weighted by atomic mass is 9.87. The maximum absolute atomic E-state index is 12.7. The highest BCUT2D eigenvalue weighted by Gasteiger charge is 2.27. The van der Waals surface area contributed by atoms with E-state index in [-0.39, 0.29) is 18.1 Å². The van der Waals surface area contributed by atoms with Crippen molar-refractivity contribution in [3.63, 3.8) is 0 Å². The summed E-state index contributed by atoms with van der Waals surface area (Å²) in [6.45, 7) is 0.694. The Morgan fingerprint density at radius 1 is 1.33 bits per heavy atom. The van der Waals surface area contributed by atoms with E-state index in [2.05, 4.69) is 16.5 Å². The number of methoxy groups -OCH3 is 1. The molecule has 1 unspecified atom stereocenters. The minimum Gasteiger partial charge on any atom is -0.497 e. The van der Waals surface area contributed by atoms with Gasteiger partial charge in [-0.15, -0.1) is 11.3 Å². The summed E-state index contributed by atoms with van der Waals surface area (Å²) in [5.74, 6) is 1.10.